The van der Waals surface area contributed by atoms with Gasteiger partial charge in [-0.15, -0.1) is 13.2 Å². The molecule has 0 aliphatic rings. The zero-order valence-electron chi connectivity index (χ0n) is 15.6. The molecular weight excluding hydrogens is 240 g/mol. The van der Waals surface area contributed by atoms with Gasteiger partial charge in [0.15, 0.2) is 0 Å². The van der Waals surface area contributed by atoms with E-state index < -0.39 is 0 Å². The first-order valence-electron chi connectivity index (χ1n) is 8.56. The van der Waals surface area contributed by atoms with E-state index in [0.29, 0.717) is 0 Å². The molecule has 0 aromatic rings. The Hall–Kier alpha value is -0.520. The van der Waals surface area contributed by atoms with E-state index in [2.05, 4.69) is 61.6 Å². The molecule has 0 aromatic carbocycles. The largest absolute Gasteiger partial charge is 0.103 e. The summed E-state index contributed by atoms with van der Waals surface area (Å²) in [7, 11) is 0. The zero-order valence-corrected chi connectivity index (χ0v) is 15.6. The highest BCUT2D eigenvalue weighted by molar-refractivity contribution is 4.86. The van der Waals surface area contributed by atoms with Gasteiger partial charge in [0, 0.05) is 0 Å². The molecule has 0 bridgehead atoms. The van der Waals surface area contributed by atoms with Crippen molar-refractivity contribution in [2.24, 2.45) is 11.8 Å². The van der Waals surface area contributed by atoms with Crippen molar-refractivity contribution in [2.75, 3.05) is 0 Å². The van der Waals surface area contributed by atoms with Crippen LogP contribution in [0.5, 0.6) is 0 Å². The van der Waals surface area contributed by atoms with Gasteiger partial charge in [-0.05, 0) is 38.0 Å². The number of hydrogen-bond acceptors (Lipinski definition) is 0. The van der Waals surface area contributed by atoms with E-state index >= 15 is 0 Å². The molecular formula is C20H42. The van der Waals surface area contributed by atoms with Crippen LogP contribution in [0.15, 0.2) is 24.8 Å². The van der Waals surface area contributed by atoms with Crippen molar-refractivity contribution in [2.45, 2.75) is 93.4 Å². The molecule has 0 saturated carbocycles. The Bertz CT molecular complexity index is 186. The molecule has 0 N–H and O–H groups in total. The van der Waals surface area contributed by atoms with Crippen molar-refractivity contribution in [3.63, 3.8) is 0 Å². The van der Waals surface area contributed by atoms with E-state index in [1.807, 2.05) is 6.08 Å². The predicted octanol–water partition coefficient (Wildman–Crippen LogP) is 7.80. The van der Waals surface area contributed by atoms with Crippen LogP contribution in [0.3, 0.4) is 0 Å². The van der Waals surface area contributed by atoms with Gasteiger partial charge in [0.05, 0.1) is 0 Å². The van der Waals surface area contributed by atoms with E-state index in [1.165, 1.54) is 44.1 Å². The Labute approximate surface area is 130 Å². The number of hydrogen-bond donors (Lipinski definition) is 0. The fourth-order valence-corrected chi connectivity index (χ4v) is 1.19. The number of rotatable bonds is 8. The summed E-state index contributed by atoms with van der Waals surface area (Å²) in [5, 5.41) is 0. The summed E-state index contributed by atoms with van der Waals surface area (Å²) in [6, 6.07) is 0. The van der Waals surface area contributed by atoms with E-state index in [-0.39, 0.29) is 0 Å². The summed E-state index contributed by atoms with van der Waals surface area (Å²) in [6.45, 7) is 22.8. The molecule has 0 nitrogen and oxygen atoms in total. The fourth-order valence-electron chi connectivity index (χ4n) is 1.19. The minimum Gasteiger partial charge on any atom is -0.103 e. The zero-order chi connectivity index (χ0) is 16.4. The predicted molar refractivity (Wildman–Crippen MR) is 98.4 cm³/mol. The highest BCUT2D eigenvalue weighted by Crippen LogP contribution is 2.06. The van der Waals surface area contributed by atoms with Crippen molar-refractivity contribution < 1.29 is 0 Å². The van der Waals surface area contributed by atoms with Gasteiger partial charge in [-0.1, -0.05) is 78.9 Å². The maximum absolute atomic E-state index is 3.85. The maximum Gasteiger partial charge on any atom is -0.0326 e. The van der Waals surface area contributed by atoms with E-state index in [1.54, 1.807) is 0 Å². The van der Waals surface area contributed by atoms with E-state index in [9.17, 15) is 0 Å². The third kappa shape index (κ3) is 43.2. The molecule has 0 fully saturated rings. The van der Waals surface area contributed by atoms with Crippen LogP contribution in [0.1, 0.15) is 93.4 Å². The van der Waals surface area contributed by atoms with Gasteiger partial charge in [-0.3, -0.25) is 0 Å². The average Bonchev–Trinajstić information content (AvgIpc) is 2.35. The lowest BCUT2D eigenvalue weighted by Crippen LogP contribution is -1.78. The summed E-state index contributed by atoms with van der Waals surface area (Å²) in [4.78, 5) is 0. The third-order valence-corrected chi connectivity index (χ3v) is 2.91. The Kier molecular flexibility index (Phi) is 25.5. The Morgan fingerprint density at radius 1 is 0.950 bits per heavy atom. The van der Waals surface area contributed by atoms with Gasteiger partial charge in [0.1, 0.15) is 0 Å². The van der Waals surface area contributed by atoms with Crippen molar-refractivity contribution >= 4 is 0 Å². The first-order valence-corrected chi connectivity index (χ1v) is 8.56. The highest BCUT2D eigenvalue weighted by Gasteiger charge is 1.86. The van der Waals surface area contributed by atoms with Crippen molar-refractivity contribution in [3.05, 3.63) is 24.8 Å². The monoisotopic (exact) mass is 282 g/mol. The SMILES string of the molecule is C=C(C)CCCCCC.C=CCC(C)C.CCC(C)C. The van der Waals surface area contributed by atoms with Gasteiger partial charge in [-0.2, -0.15) is 0 Å². The molecule has 0 aliphatic heterocycles. The van der Waals surface area contributed by atoms with Crippen molar-refractivity contribution in [1.82, 2.24) is 0 Å². The fraction of sp³-hybridized carbons (Fsp3) is 0.800. The Morgan fingerprint density at radius 3 is 1.65 bits per heavy atom. The first-order chi connectivity index (χ1) is 9.31. The summed E-state index contributed by atoms with van der Waals surface area (Å²) < 4.78 is 0. The van der Waals surface area contributed by atoms with Gasteiger partial charge < -0.3 is 0 Å². The molecule has 0 saturated heterocycles. The molecule has 0 heterocycles. The van der Waals surface area contributed by atoms with Gasteiger partial charge in [-0.25, -0.2) is 0 Å². The minimum absolute atomic E-state index is 0.780. The molecule has 0 radical (unpaired) electrons. The van der Waals surface area contributed by atoms with Crippen LogP contribution in [-0.2, 0) is 0 Å². The second-order valence-corrected chi connectivity index (χ2v) is 6.49. The van der Waals surface area contributed by atoms with Crippen molar-refractivity contribution in [1.29, 1.82) is 0 Å². The lowest BCUT2D eigenvalue weighted by Gasteiger charge is -1.96. The maximum atomic E-state index is 3.85. The topological polar surface area (TPSA) is 0 Å². The van der Waals surface area contributed by atoms with Gasteiger partial charge in [0.25, 0.3) is 0 Å². The normalized spacial score (nSPS) is 9.45. The lowest BCUT2D eigenvalue weighted by atomic mass is 10.1. The standard InChI is InChI=1S/C9H18.C6H12.C5H12/c1-4-5-6-7-8-9(2)3;1-4-5-6(2)3;1-4-5(2)3/h2,4-8H2,1,3H3;4,6H,1,5H2,2-3H3;5H,4H2,1-3H3. The van der Waals surface area contributed by atoms with Crippen LogP contribution in [0.2, 0.25) is 0 Å². The molecule has 0 aromatic heterocycles. The van der Waals surface area contributed by atoms with Crippen LogP contribution in [0.25, 0.3) is 0 Å². The average molecular weight is 283 g/mol. The van der Waals surface area contributed by atoms with Crippen LogP contribution >= 0.6 is 0 Å². The Morgan fingerprint density at radius 2 is 1.45 bits per heavy atom. The third-order valence-electron chi connectivity index (χ3n) is 2.91. The van der Waals surface area contributed by atoms with Gasteiger partial charge in [0.2, 0.25) is 0 Å². The summed E-state index contributed by atoms with van der Waals surface area (Å²) in [5.74, 6) is 1.66. The number of unbranched alkanes of at least 4 members (excludes halogenated alkanes) is 3. The molecule has 0 spiro atoms. The van der Waals surface area contributed by atoms with Crippen LogP contribution in [0, 0.1) is 11.8 Å². The lowest BCUT2D eigenvalue weighted by molar-refractivity contribution is 0.626. The highest BCUT2D eigenvalue weighted by atomic mass is 13.9. The summed E-state index contributed by atoms with van der Waals surface area (Å²) in [5.41, 5.74) is 1.33. The molecule has 0 amide bonds. The molecule has 0 heteroatoms. The summed E-state index contributed by atoms with van der Waals surface area (Å²) >= 11 is 0. The molecule has 0 unspecified atom stereocenters. The first kappa shape index (κ1) is 24.5. The second kappa shape index (κ2) is 20.8. The minimum atomic E-state index is 0.780. The molecule has 0 rings (SSSR count). The molecule has 122 valence electrons. The van der Waals surface area contributed by atoms with Crippen LogP contribution in [0.4, 0.5) is 0 Å². The smallest absolute Gasteiger partial charge is 0.0326 e. The second-order valence-electron chi connectivity index (χ2n) is 6.49. The summed E-state index contributed by atoms with van der Waals surface area (Å²) in [6.07, 6.45) is 11.0. The quantitative estimate of drug-likeness (QED) is 0.314. The van der Waals surface area contributed by atoms with E-state index in [4.69, 9.17) is 0 Å². The number of allylic oxidation sites excluding steroid dienone is 2. The van der Waals surface area contributed by atoms with E-state index in [0.717, 1.165) is 18.3 Å². The molecule has 0 aliphatic carbocycles. The van der Waals surface area contributed by atoms with Crippen LogP contribution in [-0.4, -0.2) is 0 Å². The van der Waals surface area contributed by atoms with Crippen molar-refractivity contribution in [3.8, 4) is 0 Å². The Balaban J connectivity index is -0.000000230. The molecule has 0 atom stereocenters. The molecule has 20 heavy (non-hydrogen) atoms. The van der Waals surface area contributed by atoms with Gasteiger partial charge >= 0.3 is 0 Å². The van der Waals surface area contributed by atoms with Crippen LogP contribution < -0.4 is 0 Å².